The summed E-state index contributed by atoms with van der Waals surface area (Å²) in [6, 6.07) is 0.845. The minimum Gasteiger partial charge on any atom is -0.319 e. The summed E-state index contributed by atoms with van der Waals surface area (Å²) in [4.78, 5) is 2.86. The van der Waals surface area contributed by atoms with Crippen LogP contribution in [0.2, 0.25) is 0 Å². The zero-order chi connectivity index (χ0) is 13.7. The van der Waals surface area contributed by atoms with E-state index >= 15 is 0 Å². The lowest BCUT2D eigenvalue weighted by molar-refractivity contribution is -0.0934. The van der Waals surface area contributed by atoms with Gasteiger partial charge in [0.25, 0.3) is 0 Å². The monoisotopic (exact) mass is 276 g/mol. The molecule has 0 aromatic rings. The second-order valence-electron chi connectivity index (χ2n) is 8.66. The SMILES string of the molecule is CNCC1CCN(C(C)C23CC4CC(CC(C4)C2)C3)C1. The van der Waals surface area contributed by atoms with Crippen LogP contribution < -0.4 is 5.32 Å². The van der Waals surface area contributed by atoms with Gasteiger partial charge in [-0.3, -0.25) is 4.90 Å². The third-order valence-corrected chi connectivity index (χ3v) is 7.33. The van der Waals surface area contributed by atoms with Crippen LogP contribution in [0, 0.1) is 29.1 Å². The van der Waals surface area contributed by atoms with E-state index in [2.05, 4.69) is 24.2 Å². The number of likely N-dealkylation sites (tertiary alicyclic amines) is 1. The molecule has 4 bridgehead atoms. The lowest BCUT2D eigenvalue weighted by Gasteiger charge is -2.60. The average Bonchev–Trinajstić information content (AvgIpc) is 2.85. The van der Waals surface area contributed by atoms with Crippen LogP contribution in [0.4, 0.5) is 0 Å². The van der Waals surface area contributed by atoms with Crippen LogP contribution in [0.25, 0.3) is 0 Å². The molecule has 1 aliphatic heterocycles. The topological polar surface area (TPSA) is 15.3 Å². The number of rotatable bonds is 4. The molecule has 2 heteroatoms. The fourth-order valence-corrected chi connectivity index (χ4v) is 6.75. The van der Waals surface area contributed by atoms with Crippen molar-refractivity contribution in [3.63, 3.8) is 0 Å². The van der Waals surface area contributed by atoms with E-state index in [9.17, 15) is 0 Å². The van der Waals surface area contributed by atoms with Crippen LogP contribution in [-0.4, -0.2) is 37.6 Å². The number of nitrogens with one attached hydrogen (secondary N) is 1. The van der Waals surface area contributed by atoms with Crippen molar-refractivity contribution in [1.29, 1.82) is 0 Å². The van der Waals surface area contributed by atoms with Gasteiger partial charge in [0, 0.05) is 12.6 Å². The summed E-state index contributed by atoms with van der Waals surface area (Å²) < 4.78 is 0. The van der Waals surface area contributed by atoms with Gasteiger partial charge in [-0.05, 0) is 101 Å². The molecule has 20 heavy (non-hydrogen) atoms. The minimum atomic E-state index is 0.712. The fraction of sp³-hybridized carbons (Fsp3) is 1.00. The van der Waals surface area contributed by atoms with Gasteiger partial charge < -0.3 is 5.32 Å². The van der Waals surface area contributed by atoms with E-state index < -0.39 is 0 Å². The number of hydrogen-bond donors (Lipinski definition) is 1. The molecule has 0 amide bonds. The highest BCUT2D eigenvalue weighted by molar-refractivity contribution is 5.06. The zero-order valence-corrected chi connectivity index (χ0v) is 13.4. The van der Waals surface area contributed by atoms with Crippen molar-refractivity contribution in [2.75, 3.05) is 26.7 Å². The van der Waals surface area contributed by atoms with Gasteiger partial charge in [-0.25, -0.2) is 0 Å². The maximum atomic E-state index is 3.38. The molecule has 2 atom stereocenters. The summed E-state index contributed by atoms with van der Waals surface area (Å²) in [5.41, 5.74) is 0.712. The molecule has 114 valence electrons. The van der Waals surface area contributed by atoms with Gasteiger partial charge in [-0.2, -0.15) is 0 Å². The summed E-state index contributed by atoms with van der Waals surface area (Å²) in [5, 5.41) is 3.38. The van der Waals surface area contributed by atoms with Crippen LogP contribution in [0.5, 0.6) is 0 Å². The highest BCUT2D eigenvalue weighted by atomic mass is 15.2. The predicted octanol–water partition coefficient (Wildman–Crippen LogP) is 3.13. The molecule has 0 aromatic carbocycles. The van der Waals surface area contributed by atoms with Crippen LogP contribution in [-0.2, 0) is 0 Å². The molecular formula is C18H32N2. The number of nitrogens with zero attached hydrogens (tertiary/aromatic N) is 1. The standard InChI is InChI=1S/C18H32N2/c1-13(20-4-3-14(12-20)11-19-2)18-8-15-5-16(9-18)7-17(6-15)10-18/h13-17,19H,3-12H2,1-2H3. The van der Waals surface area contributed by atoms with E-state index in [1.165, 1.54) is 26.1 Å². The maximum absolute atomic E-state index is 3.38. The third kappa shape index (κ3) is 2.14. The molecule has 4 aliphatic carbocycles. The largest absolute Gasteiger partial charge is 0.319 e. The molecule has 1 heterocycles. The average molecular weight is 276 g/mol. The first-order valence-electron chi connectivity index (χ1n) is 9.07. The van der Waals surface area contributed by atoms with Crippen LogP contribution in [0.3, 0.4) is 0 Å². The number of hydrogen-bond acceptors (Lipinski definition) is 2. The summed E-state index contributed by atoms with van der Waals surface area (Å²) in [6.07, 6.45) is 10.8. The third-order valence-electron chi connectivity index (χ3n) is 7.33. The Hall–Kier alpha value is -0.0800. The van der Waals surface area contributed by atoms with Crippen molar-refractivity contribution < 1.29 is 0 Å². The first kappa shape index (κ1) is 13.6. The molecule has 0 radical (unpaired) electrons. The van der Waals surface area contributed by atoms with Crippen molar-refractivity contribution in [2.45, 2.75) is 57.9 Å². The highest BCUT2D eigenvalue weighted by Gasteiger charge is 2.54. The maximum Gasteiger partial charge on any atom is 0.0124 e. The van der Waals surface area contributed by atoms with E-state index in [0.717, 1.165) is 29.7 Å². The van der Waals surface area contributed by atoms with E-state index in [4.69, 9.17) is 0 Å². The zero-order valence-electron chi connectivity index (χ0n) is 13.4. The van der Waals surface area contributed by atoms with E-state index in [0.29, 0.717) is 5.41 Å². The lowest BCUT2D eigenvalue weighted by atomic mass is 9.47. The van der Waals surface area contributed by atoms with Gasteiger partial charge in [-0.1, -0.05) is 0 Å². The van der Waals surface area contributed by atoms with E-state index in [-0.39, 0.29) is 0 Å². The van der Waals surface area contributed by atoms with Crippen LogP contribution in [0.1, 0.15) is 51.9 Å². The normalized spacial score (nSPS) is 48.9. The Morgan fingerprint density at radius 3 is 2.25 bits per heavy atom. The fourth-order valence-electron chi connectivity index (χ4n) is 6.75. The molecule has 2 nitrogen and oxygen atoms in total. The lowest BCUT2D eigenvalue weighted by Crippen LogP contribution is -2.55. The van der Waals surface area contributed by atoms with Gasteiger partial charge in [-0.15, -0.1) is 0 Å². The van der Waals surface area contributed by atoms with Crippen molar-refractivity contribution in [3.8, 4) is 0 Å². The Kier molecular flexibility index (Phi) is 3.38. The Bertz CT molecular complexity index is 329. The molecule has 5 rings (SSSR count). The summed E-state index contributed by atoms with van der Waals surface area (Å²) in [7, 11) is 2.10. The molecule has 2 unspecified atom stereocenters. The minimum absolute atomic E-state index is 0.712. The summed E-state index contributed by atoms with van der Waals surface area (Å²) >= 11 is 0. The molecule has 0 aromatic heterocycles. The first-order chi connectivity index (χ1) is 9.68. The smallest absolute Gasteiger partial charge is 0.0124 e. The van der Waals surface area contributed by atoms with Gasteiger partial charge in [0.15, 0.2) is 0 Å². The molecule has 4 saturated carbocycles. The van der Waals surface area contributed by atoms with E-state index in [1.807, 2.05) is 0 Å². The van der Waals surface area contributed by atoms with Crippen LogP contribution >= 0.6 is 0 Å². The molecule has 1 N–H and O–H groups in total. The van der Waals surface area contributed by atoms with Crippen molar-refractivity contribution in [3.05, 3.63) is 0 Å². The summed E-state index contributed by atoms with van der Waals surface area (Å²) in [6.45, 7) is 6.50. The first-order valence-corrected chi connectivity index (χ1v) is 9.07. The van der Waals surface area contributed by atoms with Gasteiger partial charge in [0.05, 0.1) is 0 Å². The Morgan fingerprint density at radius 1 is 1.10 bits per heavy atom. The Balaban J connectivity index is 1.47. The predicted molar refractivity (Wildman–Crippen MR) is 83.7 cm³/mol. The summed E-state index contributed by atoms with van der Waals surface area (Å²) in [5.74, 6) is 4.19. The molecular weight excluding hydrogens is 244 g/mol. The van der Waals surface area contributed by atoms with Crippen molar-refractivity contribution >= 4 is 0 Å². The van der Waals surface area contributed by atoms with Gasteiger partial charge >= 0.3 is 0 Å². The molecule has 5 fully saturated rings. The highest BCUT2D eigenvalue weighted by Crippen LogP contribution is 2.62. The molecule has 5 aliphatic rings. The second kappa shape index (κ2) is 4.98. The second-order valence-corrected chi connectivity index (χ2v) is 8.66. The van der Waals surface area contributed by atoms with Crippen molar-refractivity contribution in [1.82, 2.24) is 10.2 Å². The van der Waals surface area contributed by atoms with E-state index in [1.54, 1.807) is 38.5 Å². The van der Waals surface area contributed by atoms with Crippen LogP contribution in [0.15, 0.2) is 0 Å². The van der Waals surface area contributed by atoms with Crippen molar-refractivity contribution in [2.24, 2.45) is 29.1 Å². The Morgan fingerprint density at radius 2 is 1.70 bits per heavy atom. The van der Waals surface area contributed by atoms with Gasteiger partial charge in [0.2, 0.25) is 0 Å². The molecule has 0 spiro atoms. The quantitative estimate of drug-likeness (QED) is 0.848. The Labute approximate surface area is 124 Å². The van der Waals surface area contributed by atoms with Gasteiger partial charge in [0.1, 0.15) is 0 Å². The molecule has 1 saturated heterocycles.